The molecule has 5 heteroatoms. The molecule has 1 atom stereocenters. The second-order valence-corrected chi connectivity index (χ2v) is 6.66. The van der Waals surface area contributed by atoms with Gasteiger partial charge in [0.1, 0.15) is 5.76 Å². The molecule has 4 rings (SSSR count). The third kappa shape index (κ3) is 2.25. The van der Waals surface area contributed by atoms with Crippen molar-refractivity contribution in [2.75, 3.05) is 4.90 Å². The Bertz CT molecular complexity index is 589. The molecule has 1 fully saturated rings. The van der Waals surface area contributed by atoms with E-state index >= 15 is 0 Å². The van der Waals surface area contributed by atoms with Gasteiger partial charge in [-0.1, -0.05) is 11.3 Å². The van der Waals surface area contributed by atoms with Crippen LogP contribution in [0.3, 0.4) is 0 Å². The topological polar surface area (TPSA) is 49.5 Å². The summed E-state index contributed by atoms with van der Waals surface area (Å²) in [5, 5.41) is 11.2. The van der Waals surface area contributed by atoms with E-state index in [2.05, 4.69) is 4.90 Å². The molecule has 2 aliphatic carbocycles. The lowest BCUT2D eigenvalue weighted by Crippen LogP contribution is -2.24. The van der Waals surface area contributed by atoms with Gasteiger partial charge in [-0.15, -0.1) is 0 Å². The van der Waals surface area contributed by atoms with Crippen molar-refractivity contribution >= 4 is 16.5 Å². The Hall–Kier alpha value is -1.33. The third-order valence-corrected chi connectivity index (χ3v) is 5.29. The van der Waals surface area contributed by atoms with Crippen LogP contribution in [0.25, 0.3) is 0 Å². The molecule has 2 aliphatic rings. The number of aromatic nitrogens is 1. The van der Waals surface area contributed by atoms with Crippen molar-refractivity contribution in [3.63, 3.8) is 0 Å². The Balaban J connectivity index is 1.63. The first-order valence-electron chi connectivity index (χ1n) is 7.28. The van der Waals surface area contributed by atoms with E-state index in [0.717, 1.165) is 47.3 Å². The smallest absolute Gasteiger partial charge is 0.186 e. The fourth-order valence-electron chi connectivity index (χ4n) is 2.82. The molecule has 0 saturated heterocycles. The van der Waals surface area contributed by atoms with Gasteiger partial charge >= 0.3 is 0 Å². The molecule has 1 N–H and O–H groups in total. The summed E-state index contributed by atoms with van der Waals surface area (Å²) in [4.78, 5) is 8.21. The maximum Gasteiger partial charge on any atom is 0.186 e. The number of aliphatic hydroxyl groups excluding tert-OH is 1. The highest BCUT2D eigenvalue weighted by molar-refractivity contribution is 7.15. The van der Waals surface area contributed by atoms with Gasteiger partial charge in [-0.05, 0) is 44.2 Å². The number of hydrogen-bond donors (Lipinski definition) is 1. The van der Waals surface area contributed by atoms with Crippen molar-refractivity contribution in [2.45, 2.75) is 50.8 Å². The van der Waals surface area contributed by atoms with Crippen LogP contribution in [0, 0.1) is 0 Å². The van der Waals surface area contributed by atoms with Crippen molar-refractivity contribution < 1.29 is 9.52 Å². The molecule has 0 aromatic carbocycles. The Labute approximate surface area is 122 Å². The summed E-state index contributed by atoms with van der Waals surface area (Å²) in [5.41, 5.74) is 1.11. The van der Waals surface area contributed by atoms with Crippen LogP contribution in [0.1, 0.15) is 48.1 Å². The molecular weight excluding hydrogens is 272 g/mol. The Morgan fingerprint density at radius 2 is 2.30 bits per heavy atom. The number of hydrogen-bond acceptors (Lipinski definition) is 5. The van der Waals surface area contributed by atoms with E-state index in [0.29, 0.717) is 6.04 Å². The average Bonchev–Trinajstić information content (AvgIpc) is 2.99. The van der Waals surface area contributed by atoms with E-state index in [1.807, 2.05) is 12.1 Å². The molecule has 1 saturated carbocycles. The first kappa shape index (κ1) is 12.4. The van der Waals surface area contributed by atoms with Crippen molar-refractivity contribution in [1.29, 1.82) is 0 Å². The normalized spacial score (nSPS) is 21.8. The van der Waals surface area contributed by atoms with Crippen LogP contribution in [-0.4, -0.2) is 16.1 Å². The van der Waals surface area contributed by atoms with E-state index in [1.54, 1.807) is 17.6 Å². The summed E-state index contributed by atoms with van der Waals surface area (Å²) in [6, 6.07) is 4.53. The molecule has 0 aliphatic heterocycles. The van der Waals surface area contributed by atoms with Crippen LogP contribution in [0.4, 0.5) is 5.13 Å². The number of furan rings is 1. The van der Waals surface area contributed by atoms with Gasteiger partial charge in [-0.2, -0.15) is 0 Å². The van der Waals surface area contributed by atoms with Crippen LogP contribution in [-0.2, 0) is 13.0 Å². The first-order valence-corrected chi connectivity index (χ1v) is 8.09. The summed E-state index contributed by atoms with van der Waals surface area (Å²) in [6.45, 7) is 0.778. The van der Waals surface area contributed by atoms with Gasteiger partial charge in [0.2, 0.25) is 0 Å². The fraction of sp³-hybridized carbons (Fsp3) is 0.533. The van der Waals surface area contributed by atoms with Crippen molar-refractivity contribution in [3.05, 3.63) is 34.7 Å². The summed E-state index contributed by atoms with van der Waals surface area (Å²) in [6.07, 6.45) is 6.78. The summed E-state index contributed by atoms with van der Waals surface area (Å²) in [7, 11) is 0. The lowest BCUT2D eigenvalue weighted by atomic mass is 10.0. The predicted octanol–water partition coefficient (Wildman–Crippen LogP) is 3.27. The van der Waals surface area contributed by atoms with E-state index in [4.69, 9.17) is 9.40 Å². The standard InChI is InChI=1S/C15H18N2O2S/c18-13-5-1-4-12-14(13)20-15(16-12)17(10-6-7-10)9-11-3-2-8-19-11/h2-3,8,10,13,18H,1,4-7,9H2. The Kier molecular flexibility index (Phi) is 3.04. The molecule has 106 valence electrons. The van der Waals surface area contributed by atoms with Gasteiger partial charge < -0.3 is 14.4 Å². The minimum Gasteiger partial charge on any atom is -0.467 e. The van der Waals surface area contributed by atoms with Gasteiger partial charge in [0.15, 0.2) is 5.13 Å². The van der Waals surface area contributed by atoms with Gasteiger partial charge in [-0.3, -0.25) is 0 Å². The average molecular weight is 290 g/mol. The number of aliphatic hydroxyl groups is 1. The van der Waals surface area contributed by atoms with E-state index in [1.165, 1.54) is 12.8 Å². The number of nitrogens with zero attached hydrogens (tertiary/aromatic N) is 2. The molecule has 20 heavy (non-hydrogen) atoms. The van der Waals surface area contributed by atoms with Crippen molar-refractivity contribution in [3.8, 4) is 0 Å². The Morgan fingerprint density at radius 3 is 3.00 bits per heavy atom. The maximum absolute atomic E-state index is 10.1. The zero-order valence-electron chi connectivity index (χ0n) is 11.3. The van der Waals surface area contributed by atoms with Gasteiger partial charge in [0, 0.05) is 6.04 Å². The zero-order chi connectivity index (χ0) is 13.5. The molecule has 0 bridgehead atoms. The van der Waals surface area contributed by atoms with Crippen LogP contribution in [0.15, 0.2) is 22.8 Å². The highest BCUT2D eigenvalue weighted by Crippen LogP contribution is 2.41. The minimum atomic E-state index is -0.310. The molecule has 2 heterocycles. The summed E-state index contributed by atoms with van der Waals surface area (Å²) < 4.78 is 5.47. The lowest BCUT2D eigenvalue weighted by Gasteiger charge is -2.19. The highest BCUT2D eigenvalue weighted by atomic mass is 32.1. The number of rotatable bonds is 4. The fourth-order valence-corrected chi connectivity index (χ4v) is 4.02. The highest BCUT2D eigenvalue weighted by Gasteiger charge is 2.33. The lowest BCUT2D eigenvalue weighted by molar-refractivity contribution is 0.160. The van der Waals surface area contributed by atoms with Gasteiger partial charge in [0.25, 0.3) is 0 Å². The Morgan fingerprint density at radius 1 is 1.40 bits per heavy atom. The number of thiazole rings is 1. The van der Waals surface area contributed by atoms with Crippen LogP contribution < -0.4 is 4.90 Å². The minimum absolute atomic E-state index is 0.310. The van der Waals surface area contributed by atoms with Crippen LogP contribution >= 0.6 is 11.3 Å². The monoisotopic (exact) mass is 290 g/mol. The summed E-state index contributed by atoms with van der Waals surface area (Å²) in [5.74, 6) is 0.977. The predicted molar refractivity (Wildman–Crippen MR) is 77.9 cm³/mol. The SMILES string of the molecule is OC1CCCc2nc(N(Cc3ccco3)C3CC3)sc21. The van der Waals surface area contributed by atoms with E-state index in [-0.39, 0.29) is 6.10 Å². The van der Waals surface area contributed by atoms with Gasteiger partial charge in [-0.25, -0.2) is 4.98 Å². The van der Waals surface area contributed by atoms with E-state index in [9.17, 15) is 5.11 Å². The molecule has 0 amide bonds. The second kappa shape index (κ2) is 4.90. The molecule has 2 aromatic heterocycles. The van der Waals surface area contributed by atoms with E-state index < -0.39 is 0 Å². The molecule has 4 nitrogen and oxygen atoms in total. The molecular formula is C15H18N2O2S. The largest absolute Gasteiger partial charge is 0.467 e. The van der Waals surface area contributed by atoms with Gasteiger partial charge in [0.05, 0.1) is 29.5 Å². The number of anilines is 1. The second-order valence-electron chi connectivity index (χ2n) is 5.65. The molecule has 2 aromatic rings. The molecule has 1 unspecified atom stereocenters. The van der Waals surface area contributed by atoms with Crippen LogP contribution in [0.5, 0.6) is 0 Å². The van der Waals surface area contributed by atoms with Crippen LogP contribution in [0.2, 0.25) is 0 Å². The number of fused-ring (bicyclic) bond motifs is 1. The zero-order valence-corrected chi connectivity index (χ0v) is 12.1. The van der Waals surface area contributed by atoms with Crippen molar-refractivity contribution in [1.82, 2.24) is 4.98 Å². The molecule has 0 radical (unpaired) electrons. The quantitative estimate of drug-likeness (QED) is 0.939. The molecule has 0 spiro atoms. The van der Waals surface area contributed by atoms with Crippen molar-refractivity contribution in [2.24, 2.45) is 0 Å². The maximum atomic E-state index is 10.1. The number of aryl methyl sites for hydroxylation is 1. The summed E-state index contributed by atoms with van der Waals surface area (Å²) >= 11 is 1.66. The third-order valence-electron chi connectivity index (χ3n) is 4.05. The first-order chi connectivity index (χ1) is 9.81.